The van der Waals surface area contributed by atoms with Crippen LogP contribution in [-0.4, -0.2) is 28.9 Å². The Morgan fingerprint density at radius 2 is 2.26 bits per heavy atom. The maximum atomic E-state index is 12.1. The van der Waals surface area contributed by atoms with Gasteiger partial charge in [-0.25, -0.2) is 13.1 Å². The third-order valence-electron chi connectivity index (χ3n) is 4.15. The highest BCUT2D eigenvalue weighted by atomic mass is 32.2. The number of nitrogens with one attached hydrogen (secondary N) is 1. The number of carbonyl (C=O) groups is 1. The lowest BCUT2D eigenvalue weighted by atomic mass is 10.3. The van der Waals surface area contributed by atoms with Gasteiger partial charge >= 0.3 is 0 Å². The van der Waals surface area contributed by atoms with Crippen LogP contribution < -0.4 is 4.72 Å². The lowest BCUT2D eigenvalue weighted by Crippen LogP contribution is -2.39. The van der Waals surface area contributed by atoms with Crippen molar-refractivity contribution in [1.29, 1.82) is 0 Å². The first-order chi connectivity index (χ1) is 8.97. The Hall–Kier alpha value is -1.37. The molecule has 1 aliphatic carbocycles. The van der Waals surface area contributed by atoms with Crippen LogP contribution in [0.2, 0.25) is 0 Å². The van der Waals surface area contributed by atoms with Gasteiger partial charge in [-0.2, -0.15) is 5.10 Å². The molecule has 1 aromatic rings. The second-order valence-electron chi connectivity index (χ2n) is 5.32. The molecular weight excluding hydrogens is 266 g/mol. The zero-order valence-corrected chi connectivity index (χ0v) is 11.7. The summed E-state index contributed by atoms with van der Waals surface area (Å²) in [4.78, 5) is 12.0. The third-order valence-corrected chi connectivity index (χ3v) is 6.44. The molecule has 2 heterocycles. The predicted octanol–water partition coefficient (Wildman–Crippen LogP) is 0.831. The molecule has 2 aliphatic rings. The molecule has 19 heavy (non-hydrogen) atoms. The minimum atomic E-state index is -3.59. The quantitative estimate of drug-likeness (QED) is 0.887. The van der Waals surface area contributed by atoms with E-state index in [1.165, 1.54) is 0 Å². The summed E-state index contributed by atoms with van der Waals surface area (Å²) in [5.41, 5.74) is 1.20. The van der Waals surface area contributed by atoms with Gasteiger partial charge in [-0.15, -0.1) is 0 Å². The zero-order valence-electron chi connectivity index (χ0n) is 10.8. The van der Waals surface area contributed by atoms with E-state index in [9.17, 15) is 13.2 Å². The number of hydrogen-bond donors (Lipinski definition) is 1. The Kier molecular flexibility index (Phi) is 2.70. The van der Waals surface area contributed by atoms with Gasteiger partial charge in [0.2, 0.25) is 10.0 Å². The van der Waals surface area contributed by atoms with Gasteiger partial charge in [0.25, 0.3) is 5.91 Å². The minimum Gasteiger partial charge on any atom is -0.269 e. The SMILES string of the molecule is CCC1(S(=O)(=O)NC(=O)c2cc3n(n2)CCC3)CC1. The molecule has 1 aliphatic heterocycles. The van der Waals surface area contributed by atoms with Crippen LogP contribution in [0.15, 0.2) is 6.07 Å². The van der Waals surface area contributed by atoms with Crippen molar-refractivity contribution in [2.75, 3.05) is 0 Å². The van der Waals surface area contributed by atoms with Crippen LogP contribution in [0.4, 0.5) is 0 Å². The predicted molar refractivity (Wildman–Crippen MR) is 69.2 cm³/mol. The molecule has 104 valence electrons. The molecule has 6 nitrogen and oxygen atoms in total. The van der Waals surface area contributed by atoms with E-state index in [0.717, 1.165) is 25.1 Å². The first-order valence-corrected chi connectivity index (χ1v) is 8.09. The highest BCUT2D eigenvalue weighted by molar-refractivity contribution is 7.91. The number of fused-ring (bicyclic) bond motifs is 1. The van der Waals surface area contributed by atoms with Gasteiger partial charge in [-0.05, 0) is 38.2 Å². The number of hydrogen-bond acceptors (Lipinski definition) is 4. The van der Waals surface area contributed by atoms with Crippen molar-refractivity contribution < 1.29 is 13.2 Å². The average Bonchev–Trinajstić information content (AvgIpc) is 2.87. The Labute approximate surface area is 112 Å². The van der Waals surface area contributed by atoms with Crippen LogP contribution in [0.25, 0.3) is 0 Å². The van der Waals surface area contributed by atoms with Crippen molar-refractivity contribution in [2.24, 2.45) is 0 Å². The number of carbonyl (C=O) groups excluding carboxylic acids is 1. The fourth-order valence-electron chi connectivity index (χ4n) is 2.61. The van der Waals surface area contributed by atoms with Crippen LogP contribution in [0.3, 0.4) is 0 Å². The molecule has 7 heteroatoms. The van der Waals surface area contributed by atoms with E-state index in [-0.39, 0.29) is 5.69 Å². The summed E-state index contributed by atoms with van der Waals surface area (Å²) in [5.74, 6) is -0.610. The summed E-state index contributed by atoms with van der Waals surface area (Å²) >= 11 is 0. The molecule has 1 N–H and O–H groups in total. The Morgan fingerprint density at radius 1 is 1.53 bits per heavy atom. The summed E-state index contributed by atoms with van der Waals surface area (Å²) in [6.45, 7) is 2.64. The molecular formula is C12H17N3O3S. The number of rotatable bonds is 4. The highest BCUT2D eigenvalue weighted by Gasteiger charge is 2.53. The first kappa shape index (κ1) is 12.7. The Morgan fingerprint density at radius 3 is 2.84 bits per heavy atom. The molecule has 1 amide bonds. The standard InChI is InChI=1S/C12H17N3O3S/c1-2-12(5-6-12)19(17,18)14-11(16)10-8-9-4-3-7-15(9)13-10/h8H,2-7H2,1H3,(H,14,16). The Balaban J connectivity index is 1.78. The first-order valence-electron chi connectivity index (χ1n) is 6.61. The van der Waals surface area contributed by atoms with Crippen molar-refractivity contribution in [3.05, 3.63) is 17.5 Å². The molecule has 0 bridgehead atoms. The second-order valence-corrected chi connectivity index (χ2v) is 7.40. The second kappa shape index (κ2) is 4.06. The molecule has 1 aromatic heterocycles. The summed E-state index contributed by atoms with van der Waals surface area (Å²) in [5, 5.41) is 4.14. The van der Waals surface area contributed by atoms with E-state index in [1.807, 2.05) is 6.92 Å². The smallest absolute Gasteiger partial charge is 0.269 e. The third kappa shape index (κ3) is 1.96. The van der Waals surface area contributed by atoms with E-state index >= 15 is 0 Å². The van der Waals surface area contributed by atoms with Crippen molar-refractivity contribution >= 4 is 15.9 Å². The summed E-state index contributed by atoms with van der Waals surface area (Å²) < 4.78 is 27.5. The molecule has 0 unspecified atom stereocenters. The monoisotopic (exact) mass is 283 g/mol. The van der Waals surface area contributed by atoms with Crippen molar-refractivity contribution in [3.8, 4) is 0 Å². The molecule has 3 rings (SSSR count). The number of amides is 1. The van der Waals surface area contributed by atoms with Gasteiger partial charge in [0.05, 0.1) is 4.75 Å². The largest absolute Gasteiger partial charge is 0.285 e. The molecule has 1 fully saturated rings. The molecule has 0 saturated heterocycles. The molecule has 1 saturated carbocycles. The topological polar surface area (TPSA) is 81.1 Å². The lowest BCUT2D eigenvalue weighted by Gasteiger charge is -2.13. The molecule has 0 radical (unpaired) electrons. The van der Waals surface area contributed by atoms with Gasteiger partial charge in [0.1, 0.15) is 0 Å². The van der Waals surface area contributed by atoms with Gasteiger partial charge < -0.3 is 0 Å². The molecule has 0 spiro atoms. The average molecular weight is 283 g/mol. The minimum absolute atomic E-state index is 0.199. The van der Waals surface area contributed by atoms with Gasteiger partial charge in [-0.1, -0.05) is 6.92 Å². The normalized spacial score (nSPS) is 20.1. The van der Waals surface area contributed by atoms with E-state index in [4.69, 9.17) is 0 Å². The van der Waals surface area contributed by atoms with Crippen LogP contribution in [-0.2, 0) is 23.0 Å². The molecule has 0 atom stereocenters. The van der Waals surface area contributed by atoms with Crippen LogP contribution in [0.5, 0.6) is 0 Å². The highest BCUT2D eigenvalue weighted by Crippen LogP contribution is 2.45. The van der Waals surface area contributed by atoms with Crippen LogP contribution >= 0.6 is 0 Å². The van der Waals surface area contributed by atoms with Crippen molar-refractivity contribution in [2.45, 2.75) is 50.3 Å². The number of sulfonamides is 1. The maximum Gasteiger partial charge on any atom is 0.285 e. The van der Waals surface area contributed by atoms with Crippen molar-refractivity contribution in [3.63, 3.8) is 0 Å². The Bertz CT molecular complexity index is 607. The number of aromatic nitrogens is 2. The van der Waals surface area contributed by atoms with Crippen LogP contribution in [0, 0.1) is 0 Å². The zero-order chi connectivity index (χ0) is 13.7. The summed E-state index contributed by atoms with van der Waals surface area (Å²) in [7, 11) is -3.59. The fraction of sp³-hybridized carbons (Fsp3) is 0.667. The summed E-state index contributed by atoms with van der Waals surface area (Å²) in [6, 6.07) is 1.68. The van der Waals surface area contributed by atoms with E-state index in [1.54, 1.807) is 10.7 Å². The number of nitrogens with zero attached hydrogens (tertiary/aromatic N) is 2. The summed E-state index contributed by atoms with van der Waals surface area (Å²) in [6.07, 6.45) is 3.72. The van der Waals surface area contributed by atoms with E-state index in [2.05, 4.69) is 9.82 Å². The van der Waals surface area contributed by atoms with E-state index in [0.29, 0.717) is 19.3 Å². The van der Waals surface area contributed by atoms with E-state index < -0.39 is 20.7 Å². The van der Waals surface area contributed by atoms with Crippen molar-refractivity contribution in [1.82, 2.24) is 14.5 Å². The molecule has 0 aromatic carbocycles. The van der Waals surface area contributed by atoms with Gasteiger partial charge in [0.15, 0.2) is 5.69 Å². The fourth-order valence-corrected chi connectivity index (χ4v) is 4.19. The van der Waals surface area contributed by atoms with Crippen LogP contribution in [0.1, 0.15) is 48.8 Å². The van der Waals surface area contributed by atoms with Gasteiger partial charge in [0, 0.05) is 12.2 Å². The maximum absolute atomic E-state index is 12.1. The lowest BCUT2D eigenvalue weighted by molar-refractivity contribution is 0.0975. The number of aryl methyl sites for hydroxylation is 2. The van der Waals surface area contributed by atoms with Gasteiger partial charge in [-0.3, -0.25) is 9.48 Å².